The Morgan fingerprint density at radius 3 is 2.59 bits per heavy atom. The molecule has 1 aliphatic rings. The van der Waals surface area contributed by atoms with E-state index in [0.717, 1.165) is 16.3 Å². The lowest BCUT2D eigenvalue weighted by molar-refractivity contribution is -0.0147. The van der Waals surface area contributed by atoms with Crippen molar-refractivity contribution in [1.29, 1.82) is 0 Å². The van der Waals surface area contributed by atoms with Crippen molar-refractivity contribution in [3.63, 3.8) is 0 Å². The van der Waals surface area contributed by atoms with Crippen LogP contribution < -0.4 is 4.74 Å². The lowest BCUT2D eigenvalue weighted by Gasteiger charge is -2.39. The Morgan fingerprint density at radius 1 is 1.18 bits per heavy atom. The van der Waals surface area contributed by atoms with E-state index in [1.54, 1.807) is 17.0 Å². The molecule has 2 aromatic carbocycles. The lowest BCUT2D eigenvalue weighted by Crippen LogP contribution is -2.47. The van der Waals surface area contributed by atoms with Crippen LogP contribution in [0.1, 0.15) is 56.0 Å². The molecular formula is C27H35NO6. The van der Waals surface area contributed by atoms with Gasteiger partial charge >= 0.3 is 12.1 Å². The SMILES string of the molecule is C=CCO[C@H]1CCN(C(=O)OC(C)(C)C)C[C@H]1c1ccc(C(=O)OC)c2ccc(OCC)cc12. The van der Waals surface area contributed by atoms with E-state index in [2.05, 4.69) is 6.58 Å². The van der Waals surface area contributed by atoms with Gasteiger partial charge in [0.15, 0.2) is 0 Å². The Bertz CT molecular complexity index is 1040. The summed E-state index contributed by atoms with van der Waals surface area (Å²) in [7, 11) is 1.37. The standard InChI is InChI=1S/C27H35NO6/c1-7-15-33-24-13-14-28(26(30)34-27(3,4)5)17-23(24)20-11-12-21(25(29)31-6)19-10-9-18(32-8-2)16-22(19)20/h7,9-12,16,23-24H,1,8,13-15,17H2,2-6H3/t23-,24-/m0/s1. The summed E-state index contributed by atoms with van der Waals surface area (Å²) >= 11 is 0. The van der Waals surface area contributed by atoms with E-state index < -0.39 is 11.6 Å². The maximum Gasteiger partial charge on any atom is 0.410 e. The number of methoxy groups -OCH3 is 1. The maximum absolute atomic E-state index is 12.9. The molecule has 7 nitrogen and oxygen atoms in total. The summed E-state index contributed by atoms with van der Waals surface area (Å²) in [5.41, 5.74) is 0.878. The molecule has 1 fully saturated rings. The van der Waals surface area contributed by atoms with Crippen LogP contribution in [0.25, 0.3) is 10.8 Å². The average Bonchev–Trinajstić information content (AvgIpc) is 2.80. The summed E-state index contributed by atoms with van der Waals surface area (Å²) in [5, 5.41) is 1.64. The highest BCUT2D eigenvalue weighted by molar-refractivity contribution is 6.06. The summed E-state index contributed by atoms with van der Waals surface area (Å²) in [6.45, 7) is 13.2. The summed E-state index contributed by atoms with van der Waals surface area (Å²) < 4.78 is 22.5. The van der Waals surface area contributed by atoms with Gasteiger partial charge in [-0.25, -0.2) is 9.59 Å². The van der Waals surface area contributed by atoms with Crippen LogP contribution >= 0.6 is 0 Å². The smallest absolute Gasteiger partial charge is 0.410 e. The van der Waals surface area contributed by atoms with Crippen molar-refractivity contribution in [3.05, 3.63) is 54.1 Å². The quantitative estimate of drug-likeness (QED) is 0.404. The van der Waals surface area contributed by atoms with Gasteiger partial charge < -0.3 is 23.8 Å². The first-order valence-electron chi connectivity index (χ1n) is 11.7. The van der Waals surface area contributed by atoms with Crippen molar-refractivity contribution in [3.8, 4) is 5.75 Å². The molecule has 0 radical (unpaired) electrons. The van der Waals surface area contributed by atoms with Gasteiger partial charge in [0.2, 0.25) is 0 Å². The van der Waals surface area contributed by atoms with Gasteiger partial charge in [-0.05, 0) is 74.7 Å². The number of piperidine rings is 1. The average molecular weight is 470 g/mol. The van der Waals surface area contributed by atoms with Gasteiger partial charge in [0.05, 0.1) is 32.0 Å². The summed E-state index contributed by atoms with van der Waals surface area (Å²) in [4.78, 5) is 27.0. The van der Waals surface area contributed by atoms with E-state index in [-0.39, 0.29) is 18.1 Å². The molecule has 34 heavy (non-hydrogen) atoms. The van der Waals surface area contributed by atoms with E-state index in [4.69, 9.17) is 18.9 Å². The number of hydrogen-bond acceptors (Lipinski definition) is 6. The highest BCUT2D eigenvalue weighted by atomic mass is 16.6. The number of esters is 1. The number of ether oxygens (including phenoxy) is 4. The molecule has 1 amide bonds. The molecule has 0 N–H and O–H groups in total. The second-order valence-electron chi connectivity index (χ2n) is 9.32. The topological polar surface area (TPSA) is 74.3 Å². The third kappa shape index (κ3) is 5.89. The number of fused-ring (bicyclic) bond motifs is 1. The fraction of sp³-hybridized carbons (Fsp3) is 0.481. The third-order valence-corrected chi connectivity index (χ3v) is 5.77. The highest BCUT2D eigenvalue weighted by Gasteiger charge is 2.36. The number of benzene rings is 2. The Balaban J connectivity index is 2.08. The van der Waals surface area contributed by atoms with E-state index >= 15 is 0 Å². The number of likely N-dealkylation sites (tertiary alicyclic amines) is 1. The number of carbonyl (C=O) groups excluding carboxylic acids is 2. The van der Waals surface area contributed by atoms with Gasteiger partial charge in [-0.2, -0.15) is 0 Å². The molecule has 1 heterocycles. The predicted molar refractivity (Wildman–Crippen MR) is 132 cm³/mol. The molecule has 0 unspecified atom stereocenters. The van der Waals surface area contributed by atoms with Gasteiger partial charge in [-0.1, -0.05) is 12.1 Å². The molecule has 3 rings (SSSR count). The number of nitrogens with zero attached hydrogens (tertiary/aromatic N) is 1. The van der Waals surface area contributed by atoms with Gasteiger partial charge in [0, 0.05) is 19.0 Å². The van der Waals surface area contributed by atoms with Gasteiger partial charge in [0.1, 0.15) is 11.4 Å². The van der Waals surface area contributed by atoms with Crippen LogP contribution in [-0.2, 0) is 14.2 Å². The lowest BCUT2D eigenvalue weighted by atomic mass is 9.84. The zero-order chi connectivity index (χ0) is 24.9. The van der Waals surface area contributed by atoms with Crippen LogP contribution in [0.4, 0.5) is 4.79 Å². The van der Waals surface area contributed by atoms with Crippen molar-refractivity contribution < 1.29 is 28.5 Å². The first-order valence-corrected chi connectivity index (χ1v) is 11.7. The summed E-state index contributed by atoms with van der Waals surface area (Å²) in [6, 6.07) is 9.38. The summed E-state index contributed by atoms with van der Waals surface area (Å²) in [5.74, 6) is 0.174. The zero-order valence-corrected chi connectivity index (χ0v) is 20.8. The van der Waals surface area contributed by atoms with Crippen LogP contribution in [0.2, 0.25) is 0 Å². The minimum Gasteiger partial charge on any atom is -0.494 e. The normalized spacial score (nSPS) is 18.4. The van der Waals surface area contributed by atoms with Crippen LogP contribution in [0.5, 0.6) is 5.75 Å². The first-order chi connectivity index (χ1) is 16.2. The molecule has 2 atom stereocenters. The Hall–Kier alpha value is -3.06. The fourth-order valence-electron chi connectivity index (χ4n) is 4.33. The monoisotopic (exact) mass is 469 g/mol. The van der Waals surface area contributed by atoms with E-state index in [0.29, 0.717) is 44.0 Å². The number of amides is 1. The molecule has 1 saturated heterocycles. The van der Waals surface area contributed by atoms with Crippen LogP contribution in [0.3, 0.4) is 0 Å². The fourth-order valence-corrected chi connectivity index (χ4v) is 4.33. The number of carbonyl (C=O) groups is 2. The first kappa shape index (κ1) is 25.6. The van der Waals surface area contributed by atoms with Crippen LogP contribution in [0.15, 0.2) is 43.0 Å². The minimum atomic E-state index is -0.579. The van der Waals surface area contributed by atoms with Crippen LogP contribution in [0, 0.1) is 0 Å². The zero-order valence-electron chi connectivity index (χ0n) is 20.8. The minimum absolute atomic E-state index is 0.125. The Morgan fingerprint density at radius 2 is 1.94 bits per heavy atom. The number of hydrogen-bond donors (Lipinski definition) is 0. The molecule has 184 valence electrons. The second-order valence-corrected chi connectivity index (χ2v) is 9.32. The molecule has 2 aromatic rings. The number of rotatable bonds is 7. The van der Waals surface area contributed by atoms with Crippen LogP contribution in [-0.4, -0.2) is 62.1 Å². The molecule has 0 spiro atoms. The molecular weight excluding hydrogens is 434 g/mol. The van der Waals surface area contributed by atoms with Crippen molar-refractivity contribution >= 4 is 22.8 Å². The Kier molecular flexibility index (Phi) is 8.20. The molecule has 0 aliphatic carbocycles. The molecule has 0 saturated carbocycles. The van der Waals surface area contributed by atoms with E-state index in [1.807, 2.05) is 52.0 Å². The molecule has 0 bridgehead atoms. The van der Waals surface area contributed by atoms with E-state index in [9.17, 15) is 9.59 Å². The van der Waals surface area contributed by atoms with Gasteiger partial charge in [-0.3, -0.25) is 0 Å². The van der Waals surface area contributed by atoms with Crippen molar-refractivity contribution in [1.82, 2.24) is 4.90 Å². The Labute approximate surface area is 201 Å². The molecule has 1 aliphatic heterocycles. The van der Waals surface area contributed by atoms with E-state index in [1.165, 1.54) is 7.11 Å². The maximum atomic E-state index is 12.9. The highest BCUT2D eigenvalue weighted by Crippen LogP contribution is 2.37. The predicted octanol–water partition coefficient (Wildman–Crippen LogP) is 5.32. The molecule has 0 aromatic heterocycles. The molecule has 7 heteroatoms. The summed E-state index contributed by atoms with van der Waals surface area (Å²) in [6.07, 6.45) is 1.91. The van der Waals surface area contributed by atoms with Crippen molar-refractivity contribution in [2.24, 2.45) is 0 Å². The van der Waals surface area contributed by atoms with Gasteiger partial charge in [-0.15, -0.1) is 6.58 Å². The van der Waals surface area contributed by atoms with Crippen molar-refractivity contribution in [2.45, 2.75) is 51.7 Å². The van der Waals surface area contributed by atoms with Gasteiger partial charge in [0.25, 0.3) is 0 Å². The third-order valence-electron chi connectivity index (χ3n) is 5.77. The van der Waals surface area contributed by atoms with Crippen molar-refractivity contribution in [2.75, 3.05) is 33.4 Å². The second kappa shape index (κ2) is 10.9. The largest absolute Gasteiger partial charge is 0.494 e.